The van der Waals surface area contributed by atoms with Gasteiger partial charge in [0.1, 0.15) is 0 Å². The lowest BCUT2D eigenvalue weighted by Gasteiger charge is -2.31. The van der Waals surface area contributed by atoms with Crippen LogP contribution in [0.4, 0.5) is 5.69 Å². The average molecular weight is 291 g/mol. The van der Waals surface area contributed by atoms with E-state index in [1.165, 1.54) is 24.9 Å². The summed E-state index contributed by atoms with van der Waals surface area (Å²) in [4.78, 5) is 7.20. The third-order valence-electron chi connectivity index (χ3n) is 4.19. The Morgan fingerprint density at radius 2 is 1.90 bits per heavy atom. The van der Waals surface area contributed by atoms with Crippen LogP contribution in [0.15, 0.2) is 18.3 Å². The molecule has 0 saturated carbocycles. The molecule has 1 aromatic rings. The molecule has 3 nitrogen and oxygen atoms in total. The quantitative estimate of drug-likeness (QED) is 0.685. The van der Waals surface area contributed by atoms with E-state index in [9.17, 15) is 0 Å². The van der Waals surface area contributed by atoms with Gasteiger partial charge in [0.25, 0.3) is 0 Å². The van der Waals surface area contributed by atoms with Gasteiger partial charge in [0, 0.05) is 18.6 Å². The lowest BCUT2D eigenvalue weighted by Crippen LogP contribution is -2.33. The van der Waals surface area contributed by atoms with Crippen molar-refractivity contribution in [1.82, 2.24) is 10.3 Å². The van der Waals surface area contributed by atoms with Gasteiger partial charge in [0.15, 0.2) is 0 Å². The van der Waals surface area contributed by atoms with Gasteiger partial charge in [-0.05, 0) is 44.9 Å². The molecule has 0 amide bonds. The van der Waals surface area contributed by atoms with Gasteiger partial charge in [0.2, 0.25) is 0 Å². The van der Waals surface area contributed by atoms with Crippen LogP contribution in [-0.4, -0.2) is 24.1 Å². The minimum atomic E-state index is 0.372. The van der Waals surface area contributed by atoms with Gasteiger partial charge in [-0.25, -0.2) is 0 Å². The molecule has 1 heterocycles. The first-order valence-electron chi connectivity index (χ1n) is 8.63. The largest absolute Gasteiger partial charge is 0.368 e. The zero-order chi connectivity index (χ0) is 15.7. The minimum absolute atomic E-state index is 0.372. The topological polar surface area (TPSA) is 28.2 Å². The first kappa shape index (κ1) is 18.0. The van der Waals surface area contributed by atoms with Crippen LogP contribution >= 0.6 is 0 Å². The first-order valence-corrected chi connectivity index (χ1v) is 8.63. The minimum Gasteiger partial charge on any atom is -0.368 e. The molecule has 2 atom stereocenters. The predicted molar refractivity (Wildman–Crippen MR) is 93.0 cm³/mol. The lowest BCUT2D eigenvalue weighted by atomic mass is 10.1. The Morgan fingerprint density at radius 3 is 2.38 bits per heavy atom. The van der Waals surface area contributed by atoms with E-state index in [1.54, 1.807) is 0 Å². The number of unbranched alkanes of at least 4 members (excludes halogenated alkanes) is 1. The van der Waals surface area contributed by atoms with Gasteiger partial charge >= 0.3 is 0 Å². The van der Waals surface area contributed by atoms with Gasteiger partial charge in [-0.1, -0.05) is 34.1 Å². The Hall–Kier alpha value is -1.09. The second-order valence-corrected chi connectivity index (χ2v) is 5.76. The fraction of sp³-hybridized carbons (Fsp3) is 0.722. The molecule has 1 aromatic heterocycles. The Morgan fingerprint density at radius 1 is 1.14 bits per heavy atom. The van der Waals surface area contributed by atoms with E-state index < -0.39 is 0 Å². The molecule has 120 valence electrons. The van der Waals surface area contributed by atoms with Crippen LogP contribution in [0.1, 0.15) is 72.0 Å². The lowest BCUT2D eigenvalue weighted by molar-refractivity contribution is 0.524. The Kier molecular flexibility index (Phi) is 8.36. The van der Waals surface area contributed by atoms with Crippen LogP contribution in [0, 0.1) is 0 Å². The van der Waals surface area contributed by atoms with Crippen LogP contribution in [-0.2, 0) is 0 Å². The molecule has 0 spiro atoms. The van der Waals surface area contributed by atoms with E-state index >= 15 is 0 Å². The van der Waals surface area contributed by atoms with Gasteiger partial charge < -0.3 is 10.2 Å². The molecular weight excluding hydrogens is 258 g/mol. The summed E-state index contributed by atoms with van der Waals surface area (Å²) in [5.74, 6) is 0. The highest BCUT2D eigenvalue weighted by Crippen LogP contribution is 2.21. The summed E-state index contributed by atoms with van der Waals surface area (Å²) >= 11 is 0. The fourth-order valence-corrected chi connectivity index (χ4v) is 2.63. The van der Waals surface area contributed by atoms with Gasteiger partial charge in [-0.2, -0.15) is 0 Å². The van der Waals surface area contributed by atoms with E-state index in [2.05, 4.69) is 63.2 Å². The maximum Gasteiger partial charge on any atom is 0.0574 e. The highest BCUT2D eigenvalue weighted by atomic mass is 15.2. The highest BCUT2D eigenvalue weighted by Gasteiger charge is 2.14. The monoisotopic (exact) mass is 291 g/mol. The molecule has 1 N–H and O–H groups in total. The molecule has 1 rings (SSSR count). The number of nitrogens with zero attached hydrogens (tertiary/aromatic N) is 2. The van der Waals surface area contributed by atoms with Crippen molar-refractivity contribution in [2.75, 3.05) is 18.0 Å². The molecule has 0 fully saturated rings. The zero-order valence-electron chi connectivity index (χ0n) is 14.5. The summed E-state index contributed by atoms with van der Waals surface area (Å²) in [6.07, 6.45) is 6.76. The van der Waals surface area contributed by atoms with Crippen molar-refractivity contribution in [3.8, 4) is 0 Å². The molecular formula is C18H33N3. The van der Waals surface area contributed by atoms with Crippen molar-refractivity contribution in [1.29, 1.82) is 0 Å². The van der Waals surface area contributed by atoms with E-state index in [1.807, 2.05) is 0 Å². The van der Waals surface area contributed by atoms with Crippen molar-refractivity contribution in [2.45, 2.75) is 72.4 Å². The van der Waals surface area contributed by atoms with Crippen LogP contribution in [0.2, 0.25) is 0 Å². The van der Waals surface area contributed by atoms with Crippen LogP contribution in [0.5, 0.6) is 0 Å². The van der Waals surface area contributed by atoms with E-state index in [4.69, 9.17) is 4.98 Å². The highest BCUT2D eigenvalue weighted by molar-refractivity contribution is 5.45. The number of anilines is 1. The summed E-state index contributed by atoms with van der Waals surface area (Å²) in [6.45, 7) is 13.3. The van der Waals surface area contributed by atoms with Crippen LogP contribution < -0.4 is 10.2 Å². The first-order chi connectivity index (χ1) is 10.2. The molecule has 2 unspecified atom stereocenters. The van der Waals surface area contributed by atoms with Crippen LogP contribution in [0.25, 0.3) is 0 Å². The molecule has 0 aliphatic heterocycles. The molecule has 0 bridgehead atoms. The maximum atomic E-state index is 4.71. The second kappa shape index (κ2) is 9.78. The molecule has 0 aromatic carbocycles. The molecule has 0 saturated heterocycles. The normalized spacial score (nSPS) is 14.0. The summed E-state index contributed by atoms with van der Waals surface area (Å²) in [5, 5.41) is 3.49. The Labute approximate surface area is 131 Å². The number of nitrogens with one attached hydrogen (secondary N) is 1. The van der Waals surface area contributed by atoms with Crippen LogP contribution in [0.3, 0.4) is 0 Å². The van der Waals surface area contributed by atoms with Crippen molar-refractivity contribution in [3.63, 3.8) is 0 Å². The fourth-order valence-electron chi connectivity index (χ4n) is 2.63. The van der Waals surface area contributed by atoms with Gasteiger partial charge in [-0.3, -0.25) is 4.98 Å². The Bertz CT molecular complexity index is 375. The SMILES string of the molecule is CCCCN(c1ccc(C(CC)NCC)nc1)C(C)CC. The second-order valence-electron chi connectivity index (χ2n) is 5.76. The van der Waals surface area contributed by atoms with Crippen molar-refractivity contribution < 1.29 is 0 Å². The average Bonchev–Trinajstić information content (AvgIpc) is 2.53. The number of pyridine rings is 1. The van der Waals surface area contributed by atoms with Gasteiger partial charge in [0.05, 0.1) is 17.6 Å². The van der Waals surface area contributed by atoms with Crippen molar-refractivity contribution in [3.05, 3.63) is 24.0 Å². The van der Waals surface area contributed by atoms with Gasteiger partial charge in [-0.15, -0.1) is 0 Å². The smallest absolute Gasteiger partial charge is 0.0574 e. The number of hydrogen-bond acceptors (Lipinski definition) is 3. The zero-order valence-corrected chi connectivity index (χ0v) is 14.5. The molecule has 0 radical (unpaired) electrons. The van der Waals surface area contributed by atoms with Crippen molar-refractivity contribution in [2.24, 2.45) is 0 Å². The standard InChI is InChI=1S/C18H33N3/c1-6-10-13-21(15(5)7-2)16-11-12-18(20-14-16)17(8-3)19-9-4/h11-12,14-15,17,19H,6-10,13H2,1-5H3. The summed E-state index contributed by atoms with van der Waals surface area (Å²) in [7, 11) is 0. The third-order valence-corrected chi connectivity index (χ3v) is 4.19. The summed E-state index contributed by atoms with van der Waals surface area (Å²) < 4.78 is 0. The predicted octanol–water partition coefficient (Wildman–Crippen LogP) is 4.55. The third kappa shape index (κ3) is 5.31. The van der Waals surface area contributed by atoms with E-state index in [0.717, 1.165) is 25.2 Å². The summed E-state index contributed by atoms with van der Waals surface area (Å²) in [6, 6.07) is 5.37. The number of rotatable bonds is 10. The summed E-state index contributed by atoms with van der Waals surface area (Å²) in [5.41, 5.74) is 2.41. The maximum absolute atomic E-state index is 4.71. The van der Waals surface area contributed by atoms with E-state index in [-0.39, 0.29) is 0 Å². The molecule has 0 aliphatic rings. The Balaban J connectivity index is 2.85. The molecule has 0 aliphatic carbocycles. The van der Waals surface area contributed by atoms with Crippen molar-refractivity contribution >= 4 is 5.69 Å². The number of aromatic nitrogens is 1. The number of hydrogen-bond donors (Lipinski definition) is 1. The molecule has 3 heteroatoms. The molecule has 21 heavy (non-hydrogen) atoms. The van der Waals surface area contributed by atoms with E-state index in [0.29, 0.717) is 12.1 Å².